The fraction of sp³-hybridized carbons (Fsp3) is 0.238. The molecule has 0 radical (unpaired) electrons. The molecule has 2 aromatic rings. The first-order valence-electron chi connectivity index (χ1n) is 8.59. The fourth-order valence-corrected chi connectivity index (χ4v) is 5.00. The number of benzene rings is 2. The van der Waals surface area contributed by atoms with Crippen LogP contribution in [0.25, 0.3) is 0 Å². The summed E-state index contributed by atoms with van der Waals surface area (Å²) in [4.78, 5) is 14.3. The van der Waals surface area contributed by atoms with E-state index in [9.17, 15) is 19.6 Å². The highest BCUT2D eigenvalue weighted by Crippen LogP contribution is 2.51. The first kappa shape index (κ1) is 17.8. The summed E-state index contributed by atoms with van der Waals surface area (Å²) in [6.07, 6.45) is 0.111. The zero-order chi connectivity index (χ0) is 19.2. The van der Waals surface area contributed by atoms with Crippen LogP contribution in [0.15, 0.2) is 59.1 Å². The molecule has 1 N–H and O–H groups in total. The van der Waals surface area contributed by atoms with E-state index in [0.29, 0.717) is 16.2 Å². The molecule has 0 aromatic heterocycles. The van der Waals surface area contributed by atoms with Gasteiger partial charge in [-0.05, 0) is 24.6 Å². The molecule has 4 nitrogen and oxygen atoms in total. The van der Waals surface area contributed by atoms with Crippen LogP contribution in [0.1, 0.15) is 29.0 Å². The number of fused-ring (bicyclic) bond motifs is 1. The highest BCUT2D eigenvalue weighted by molar-refractivity contribution is 8.03. The molecule has 2 aromatic carbocycles. The van der Waals surface area contributed by atoms with Crippen molar-refractivity contribution < 1.29 is 14.3 Å². The van der Waals surface area contributed by atoms with Gasteiger partial charge in [0.25, 0.3) is 0 Å². The fourth-order valence-electron chi connectivity index (χ4n) is 3.64. The summed E-state index contributed by atoms with van der Waals surface area (Å²) >= 11 is 1.29. The minimum atomic E-state index is -1.58. The summed E-state index contributed by atoms with van der Waals surface area (Å²) in [5.41, 5.74) is 1.36. The summed E-state index contributed by atoms with van der Waals surface area (Å²) in [7, 11) is 0. The molecule has 2 heterocycles. The van der Waals surface area contributed by atoms with Crippen LogP contribution >= 0.6 is 11.8 Å². The van der Waals surface area contributed by atoms with Crippen molar-refractivity contribution in [1.29, 1.82) is 5.26 Å². The van der Waals surface area contributed by atoms with E-state index in [1.54, 1.807) is 0 Å². The van der Waals surface area contributed by atoms with Gasteiger partial charge in [-0.2, -0.15) is 5.26 Å². The van der Waals surface area contributed by atoms with Gasteiger partial charge in [0.05, 0.1) is 22.4 Å². The molecule has 0 spiro atoms. The standard InChI is InChI=1S/C21H17FN2O2S/c1-13-2-4-14(5-3-13)17-10-19(25)24-20(18(17)11-23)27-12-21(24,26)15-6-8-16(22)9-7-15/h2-9,17,26H,10,12H2,1H3/t17-,21+/m1/s1. The maximum atomic E-state index is 13.3. The van der Waals surface area contributed by atoms with E-state index in [4.69, 9.17) is 0 Å². The van der Waals surface area contributed by atoms with Crippen LogP contribution in [0.3, 0.4) is 0 Å². The number of hydrogen-bond donors (Lipinski definition) is 1. The third kappa shape index (κ3) is 2.84. The molecule has 6 heteroatoms. The number of hydrogen-bond acceptors (Lipinski definition) is 4. The molecule has 27 heavy (non-hydrogen) atoms. The molecule has 2 atom stereocenters. The van der Waals surface area contributed by atoms with Gasteiger partial charge in [0.15, 0.2) is 5.72 Å². The summed E-state index contributed by atoms with van der Waals surface area (Å²) in [5.74, 6) is -0.777. The predicted octanol–water partition coefficient (Wildman–Crippen LogP) is 3.78. The zero-order valence-corrected chi connectivity index (χ0v) is 15.5. The van der Waals surface area contributed by atoms with Crippen molar-refractivity contribution in [2.45, 2.75) is 25.0 Å². The van der Waals surface area contributed by atoms with Gasteiger partial charge in [0.2, 0.25) is 5.91 Å². The lowest BCUT2D eigenvalue weighted by atomic mass is 9.85. The van der Waals surface area contributed by atoms with Crippen molar-refractivity contribution in [2.24, 2.45) is 0 Å². The van der Waals surface area contributed by atoms with E-state index in [2.05, 4.69) is 6.07 Å². The first-order valence-corrected chi connectivity index (χ1v) is 9.57. The van der Waals surface area contributed by atoms with Crippen LogP contribution in [0.2, 0.25) is 0 Å². The van der Waals surface area contributed by atoms with Gasteiger partial charge in [0, 0.05) is 17.9 Å². The minimum absolute atomic E-state index is 0.111. The number of nitrogens with zero attached hydrogens (tertiary/aromatic N) is 2. The smallest absolute Gasteiger partial charge is 0.231 e. The molecule has 0 aliphatic carbocycles. The SMILES string of the molecule is Cc1ccc([C@H]2CC(=O)N3C(=C2C#N)SC[C@]3(O)c2ccc(F)cc2)cc1. The van der Waals surface area contributed by atoms with E-state index in [1.807, 2.05) is 31.2 Å². The third-order valence-electron chi connectivity index (χ3n) is 5.10. The lowest BCUT2D eigenvalue weighted by Crippen LogP contribution is -2.48. The summed E-state index contributed by atoms with van der Waals surface area (Å²) in [6, 6.07) is 15.5. The monoisotopic (exact) mass is 380 g/mol. The van der Waals surface area contributed by atoms with Crippen LogP contribution in [-0.4, -0.2) is 21.7 Å². The molecule has 0 saturated carbocycles. The molecule has 2 aliphatic heterocycles. The Bertz CT molecular complexity index is 979. The Morgan fingerprint density at radius 3 is 2.52 bits per heavy atom. The molecular weight excluding hydrogens is 363 g/mol. The Morgan fingerprint density at radius 2 is 1.89 bits per heavy atom. The second-order valence-corrected chi connectivity index (χ2v) is 7.80. The second-order valence-electron chi connectivity index (χ2n) is 6.84. The number of amides is 1. The Kier molecular flexibility index (Phi) is 4.29. The van der Waals surface area contributed by atoms with Gasteiger partial charge in [-0.25, -0.2) is 4.39 Å². The summed E-state index contributed by atoms with van der Waals surface area (Å²) in [5, 5.41) is 21.5. The summed E-state index contributed by atoms with van der Waals surface area (Å²) < 4.78 is 13.3. The molecule has 1 fully saturated rings. The number of halogens is 1. The number of allylic oxidation sites excluding steroid dienone is 1. The van der Waals surface area contributed by atoms with E-state index in [0.717, 1.165) is 11.1 Å². The Hall–Kier alpha value is -2.62. The van der Waals surface area contributed by atoms with Gasteiger partial charge >= 0.3 is 0 Å². The number of aryl methyl sites for hydroxylation is 1. The van der Waals surface area contributed by atoms with Crippen molar-refractivity contribution in [3.05, 3.63) is 81.6 Å². The highest BCUT2D eigenvalue weighted by Gasteiger charge is 2.51. The first-order chi connectivity index (χ1) is 12.9. The van der Waals surface area contributed by atoms with Gasteiger partial charge < -0.3 is 5.11 Å². The van der Waals surface area contributed by atoms with Crippen molar-refractivity contribution in [1.82, 2.24) is 4.90 Å². The second kappa shape index (κ2) is 6.52. The average Bonchev–Trinajstić information content (AvgIpc) is 3.02. The number of thioether (sulfide) groups is 1. The van der Waals surface area contributed by atoms with Gasteiger partial charge in [-0.3, -0.25) is 9.69 Å². The van der Waals surface area contributed by atoms with Crippen LogP contribution in [0, 0.1) is 24.1 Å². The summed E-state index contributed by atoms with van der Waals surface area (Å²) in [6.45, 7) is 1.98. The molecule has 0 bridgehead atoms. The molecule has 1 amide bonds. The van der Waals surface area contributed by atoms with E-state index >= 15 is 0 Å². The highest BCUT2D eigenvalue weighted by atomic mass is 32.2. The Labute approximate surface area is 160 Å². The largest absolute Gasteiger partial charge is 0.366 e. The van der Waals surface area contributed by atoms with Crippen molar-refractivity contribution in [2.75, 3.05) is 5.75 Å². The van der Waals surface area contributed by atoms with E-state index < -0.39 is 11.5 Å². The molecule has 2 aliphatic rings. The number of nitriles is 1. The predicted molar refractivity (Wildman–Crippen MR) is 101 cm³/mol. The number of rotatable bonds is 2. The minimum Gasteiger partial charge on any atom is -0.366 e. The van der Waals surface area contributed by atoms with Gasteiger partial charge in [-0.15, -0.1) is 11.8 Å². The van der Waals surface area contributed by atoms with Gasteiger partial charge in [0.1, 0.15) is 5.82 Å². The Balaban J connectivity index is 1.79. The molecule has 1 saturated heterocycles. The maximum absolute atomic E-state index is 13.3. The molecule has 136 valence electrons. The van der Waals surface area contributed by atoms with Crippen LogP contribution < -0.4 is 0 Å². The quantitative estimate of drug-likeness (QED) is 0.861. The zero-order valence-electron chi connectivity index (χ0n) is 14.6. The van der Waals surface area contributed by atoms with E-state index in [-0.39, 0.29) is 24.0 Å². The lowest BCUT2D eigenvalue weighted by molar-refractivity contribution is -0.149. The number of carbonyl (C=O) groups is 1. The number of aliphatic hydroxyl groups is 1. The van der Waals surface area contributed by atoms with Crippen molar-refractivity contribution in [3.8, 4) is 6.07 Å². The topological polar surface area (TPSA) is 64.3 Å². The maximum Gasteiger partial charge on any atom is 0.231 e. The number of carbonyl (C=O) groups excluding carboxylic acids is 1. The van der Waals surface area contributed by atoms with Crippen LogP contribution in [-0.2, 0) is 10.5 Å². The van der Waals surface area contributed by atoms with Crippen LogP contribution in [0.5, 0.6) is 0 Å². The van der Waals surface area contributed by atoms with Gasteiger partial charge in [-0.1, -0.05) is 42.0 Å². The van der Waals surface area contributed by atoms with Crippen molar-refractivity contribution >= 4 is 17.7 Å². The molecule has 0 unspecified atom stereocenters. The van der Waals surface area contributed by atoms with Crippen LogP contribution in [0.4, 0.5) is 4.39 Å². The molecule has 4 rings (SSSR count). The van der Waals surface area contributed by atoms with E-state index in [1.165, 1.54) is 40.9 Å². The average molecular weight is 380 g/mol. The lowest BCUT2D eigenvalue weighted by Gasteiger charge is -2.38. The third-order valence-corrected chi connectivity index (χ3v) is 6.32. The van der Waals surface area contributed by atoms with Crippen molar-refractivity contribution in [3.63, 3.8) is 0 Å². The normalized spacial score (nSPS) is 24.7. The molecular formula is C21H17FN2O2S. The Morgan fingerprint density at radius 1 is 1.22 bits per heavy atom.